The van der Waals surface area contributed by atoms with Gasteiger partial charge in [0.05, 0.1) is 3.79 Å². The molecule has 0 spiro atoms. The SMILES string of the molecule is CCC(CCO)CNCc1cc(C)c(Br)s1. The highest BCUT2D eigenvalue weighted by atomic mass is 79.9. The molecule has 0 aliphatic carbocycles. The summed E-state index contributed by atoms with van der Waals surface area (Å²) < 4.78 is 1.23. The van der Waals surface area contributed by atoms with Crippen LogP contribution in [0.2, 0.25) is 0 Å². The molecule has 0 aromatic carbocycles. The molecule has 0 amide bonds. The third-order valence-electron chi connectivity index (χ3n) is 2.76. The van der Waals surface area contributed by atoms with Crippen LogP contribution in [0.25, 0.3) is 0 Å². The Hall–Kier alpha value is 0.1000. The zero-order valence-electron chi connectivity index (χ0n) is 9.92. The van der Waals surface area contributed by atoms with Crippen molar-refractivity contribution in [3.8, 4) is 0 Å². The van der Waals surface area contributed by atoms with Gasteiger partial charge in [-0.25, -0.2) is 0 Å². The molecule has 4 heteroatoms. The van der Waals surface area contributed by atoms with Crippen LogP contribution >= 0.6 is 27.3 Å². The summed E-state index contributed by atoms with van der Waals surface area (Å²) in [5.74, 6) is 0.592. The standard InChI is InChI=1S/C12H20BrNOS/c1-3-10(4-5-15)7-14-8-11-6-9(2)12(13)16-11/h6,10,14-15H,3-5,7-8H2,1-2H3. The van der Waals surface area contributed by atoms with Gasteiger partial charge >= 0.3 is 0 Å². The quantitative estimate of drug-likeness (QED) is 0.810. The highest BCUT2D eigenvalue weighted by molar-refractivity contribution is 9.11. The number of hydrogen-bond donors (Lipinski definition) is 2. The van der Waals surface area contributed by atoms with E-state index < -0.39 is 0 Å². The van der Waals surface area contributed by atoms with Crippen LogP contribution in [0.1, 0.15) is 30.2 Å². The molecule has 1 heterocycles. The molecule has 0 bridgehead atoms. The van der Waals surface area contributed by atoms with Gasteiger partial charge < -0.3 is 10.4 Å². The highest BCUT2D eigenvalue weighted by Gasteiger charge is 2.06. The van der Waals surface area contributed by atoms with Crippen molar-refractivity contribution >= 4 is 27.3 Å². The van der Waals surface area contributed by atoms with Gasteiger partial charge in [0, 0.05) is 18.0 Å². The largest absolute Gasteiger partial charge is 0.396 e. The number of aryl methyl sites for hydroxylation is 1. The van der Waals surface area contributed by atoms with E-state index in [1.165, 1.54) is 14.2 Å². The molecular formula is C12H20BrNOS. The number of nitrogens with one attached hydrogen (secondary N) is 1. The van der Waals surface area contributed by atoms with Crippen LogP contribution in [0.3, 0.4) is 0 Å². The summed E-state index contributed by atoms with van der Waals surface area (Å²) in [6.07, 6.45) is 2.03. The van der Waals surface area contributed by atoms with Crippen molar-refractivity contribution in [2.24, 2.45) is 5.92 Å². The van der Waals surface area contributed by atoms with Gasteiger partial charge in [0.25, 0.3) is 0 Å². The van der Waals surface area contributed by atoms with E-state index in [1.807, 2.05) is 0 Å². The lowest BCUT2D eigenvalue weighted by Crippen LogP contribution is -2.22. The maximum absolute atomic E-state index is 8.89. The van der Waals surface area contributed by atoms with Gasteiger partial charge in [0.2, 0.25) is 0 Å². The average molecular weight is 306 g/mol. The van der Waals surface area contributed by atoms with E-state index in [9.17, 15) is 0 Å². The Morgan fingerprint density at radius 2 is 2.31 bits per heavy atom. The van der Waals surface area contributed by atoms with Gasteiger partial charge in [0.1, 0.15) is 0 Å². The van der Waals surface area contributed by atoms with Gasteiger partial charge in [-0.05, 0) is 53.4 Å². The van der Waals surface area contributed by atoms with Crippen LogP contribution in [0.15, 0.2) is 9.85 Å². The second-order valence-corrected chi connectivity index (χ2v) is 6.54. The first kappa shape index (κ1) is 14.2. The number of aliphatic hydroxyl groups excluding tert-OH is 1. The summed E-state index contributed by atoms with van der Waals surface area (Å²) in [6, 6.07) is 2.22. The highest BCUT2D eigenvalue weighted by Crippen LogP contribution is 2.27. The van der Waals surface area contributed by atoms with Crippen molar-refractivity contribution in [2.45, 2.75) is 33.2 Å². The second-order valence-electron chi connectivity index (χ2n) is 4.09. The third kappa shape index (κ3) is 4.53. The van der Waals surface area contributed by atoms with Crippen LogP contribution < -0.4 is 5.32 Å². The van der Waals surface area contributed by atoms with E-state index in [4.69, 9.17) is 5.11 Å². The maximum Gasteiger partial charge on any atom is 0.0730 e. The number of halogens is 1. The molecule has 1 atom stereocenters. The fraction of sp³-hybridized carbons (Fsp3) is 0.667. The predicted molar refractivity (Wildman–Crippen MR) is 73.9 cm³/mol. The summed E-state index contributed by atoms with van der Waals surface area (Å²) in [4.78, 5) is 1.36. The van der Waals surface area contributed by atoms with E-state index in [-0.39, 0.29) is 0 Å². The smallest absolute Gasteiger partial charge is 0.0730 e. The van der Waals surface area contributed by atoms with Gasteiger partial charge in [-0.15, -0.1) is 11.3 Å². The predicted octanol–water partition coefficient (Wildman–Crippen LogP) is 3.32. The number of thiophene rings is 1. The van der Waals surface area contributed by atoms with Crippen molar-refractivity contribution < 1.29 is 5.11 Å². The second kappa shape index (κ2) is 7.43. The molecule has 2 nitrogen and oxygen atoms in total. The maximum atomic E-state index is 8.89. The summed E-state index contributed by atoms with van der Waals surface area (Å²) in [5, 5.41) is 12.3. The van der Waals surface area contributed by atoms with Gasteiger partial charge in [0.15, 0.2) is 0 Å². The van der Waals surface area contributed by atoms with E-state index >= 15 is 0 Å². The van der Waals surface area contributed by atoms with Crippen LogP contribution in [0, 0.1) is 12.8 Å². The van der Waals surface area contributed by atoms with E-state index in [2.05, 4.69) is 41.2 Å². The first-order chi connectivity index (χ1) is 7.67. The van der Waals surface area contributed by atoms with E-state index in [0.717, 1.165) is 25.9 Å². The van der Waals surface area contributed by atoms with Crippen molar-refractivity contribution in [2.75, 3.05) is 13.2 Å². The molecular weight excluding hydrogens is 286 g/mol. The minimum absolute atomic E-state index is 0.295. The normalized spacial score (nSPS) is 13.0. The Bertz CT molecular complexity index is 294. The summed E-state index contributed by atoms with van der Waals surface area (Å²) in [5.41, 5.74) is 1.31. The van der Waals surface area contributed by atoms with Crippen molar-refractivity contribution in [3.63, 3.8) is 0 Å². The lowest BCUT2D eigenvalue weighted by atomic mass is 10.0. The van der Waals surface area contributed by atoms with E-state index in [0.29, 0.717) is 12.5 Å². The minimum atomic E-state index is 0.295. The molecule has 92 valence electrons. The van der Waals surface area contributed by atoms with Crippen molar-refractivity contribution in [1.29, 1.82) is 0 Å². The van der Waals surface area contributed by atoms with Gasteiger partial charge in [-0.3, -0.25) is 0 Å². The van der Waals surface area contributed by atoms with Crippen molar-refractivity contribution in [1.82, 2.24) is 5.32 Å². The number of aliphatic hydroxyl groups is 1. The Morgan fingerprint density at radius 1 is 1.56 bits per heavy atom. The molecule has 1 unspecified atom stereocenters. The molecule has 0 radical (unpaired) electrons. The van der Waals surface area contributed by atoms with Crippen molar-refractivity contribution in [3.05, 3.63) is 20.3 Å². The fourth-order valence-corrected chi connectivity index (χ4v) is 3.24. The van der Waals surface area contributed by atoms with Gasteiger partial charge in [-0.1, -0.05) is 13.3 Å². The fourth-order valence-electron chi connectivity index (χ4n) is 1.64. The molecule has 1 rings (SSSR count). The molecule has 0 aliphatic heterocycles. The number of rotatable bonds is 7. The lowest BCUT2D eigenvalue weighted by Gasteiger charge is -2.13. The first-order valence-corrected chi connectivity index (χ1v) is 7.34. The molecule has 0 aliphatic rings. The monoisotopic (exact) mass is 305 g/mol. The van der Waals surface area contributed by atoms with Crippen LogP contribution in [0.5, 0.6) is 0 Å². The van der Waals surface area contributed by atoms with Gasteiger partial charge in [-0.2, -0.15) is 0 Å². The van der Waals surface area contributed by atoms with Crippen LogP contribution in [-0.4, -0.2) is 18.3 Å². The first-order valence-electron chi connectivity index (χ1n) is 5.73. The minimum Gasteiger partial charge on any atom is -0.396 e. The zero-order valence-corrected chi connectivity index (χ0v) is 12.3. The molecule has 1 aromatic rings. The Kier molecular flexibility index (Phi) is 6.58. The Morgan fingerprint density at radius 3 is 2.81 bits per heavy atom. The molecule has 2 N–H and O–H groups in total. The van der Waals surface area contributed by atoms with E-state index in [1.54, 1.807) is 11.3 Å². The van der Waals surface area contributed by atoms with Crippen LogP contribution in [0.4, 0.5) is 0 Å². The number of hydrogen-bond acceptors (Lipinski definition) is 3. The zero-order chi connectivity index (χ0) is 12.0. The molecule has 0 saturated heterocycles. The van der Waals surface area contributed by atoms with Crippen LogP contribution in [-0.2, 0) is 6.54 Å². The Labute approximate surface area is 110 Å². The molecule has 0 saturated carbocycles. The molecule has 16 heavy (non-hydrogen) atoms. The summed E-state index contributed by atoms with van der Waals surface area (Å²) >= 11 is 5.32. The molecule has 0 fully saturated rings. The topological polar surface area (TPSA) is 32.3 Å². The Balaban J connectivity index is 2.29. The third-order valence-corrected chi connectivity index (χ3v) is 4.89. The average Bonchev–Trinajstić information content (AvgIpc) is 2.57. The summed E-state index contributed by atoms with van der Waals surface area (Å²) in [6.45, 7) is 6.51. The lowest BCUT2D eigenvalue weighted by molar-refractivity contribution is 0.251. The summed E-state index contributed by atoms with van der Waals surface area (Å²) in [7, 11) is 0. The molecule has 1 aromatic heterocycles.